The van der Waals surface area contributed by atoms with Gasteiger partial charge >= 0.3 is 6.03 Å². The Balaban J connectivity index is 1.86. The van der Waals surface area contributed by atoms with Crippen molar-refractivity contribution in [3.63, 3.8) is 0 Å². The van der Waals surface area contributed by atoms with Gasteiger partial charge in [0.25, 0.3) is 5.91 Å². The highest BCUT2D eigenvalue weighted by atomic mass is 32.1. The smallest absolute Gasteiger partial charge is 0.319 e. The molecule has 7 heteroatoms. The summed E-state index contributed by atoms with van der Waals surface area (Å²) in [5.74, 6) is -0.270. The highest BCUT2D eigenvalue weighted by Crippen LogP contribution is 2.30. The van der Waals surface area contributed by atoms with Gasteiger partial charge in [0.15, 0.2) is 0 Å². The maximum absolute atomic E-state index is 12.6. The Labute approximate surface area is 125 Å². The molecule has 0 aliphatic carbocycles. The van der Waals surface area contributed by atoms with Crippen molar-refractivity contribution in [1.29, 1.82) is 0 Å². The second kappa shape index (κ2) is 4.92. The molecular weight excluding hydrogens is 288 g/mol. The number of carbonyl (C=O) groups excluding carboxylic acids is 2. The van der Waals surface area contributed by atoms with Crippen LogP contribution in [0.15, 0.2) is 29.2 Å². The van der Waals surface area contributed by atoms with Gasteiger partial charge in [-0.2, -0.15) is 11.3 Å². The van der Waals surface area contributed by atoms with Crippen molar-refractivity contribution in [3.8, 4) is 0 Å². The maximum Gasteiger partial charge on any atom is 0.325 e. The number of aryl methyl sites for hydroxylation is 1. The van der Waals surface area contributed by atoms with Gasteiger partial charge in [-0.25, -0.2) is 4.79 Å². The van der Waals surface area contributed by atoms with Crippen molar-refractivity contribution in [2.45, 2.75) is 25.9 Å². The molecule has 0 unspecified atom stereocenters. The van der Waals surface area contributed by atoms with Gasteiger partial charge in [0.05, 0.1) is 24.1 Å². The standard InChI is InChI=1S/C14H14N4O2S/c1-9-5-16-11(6-15-9)7-18-12(19)14(2,17-13(18)20)10-3-4-21-8-10/h3-6,8H,7H2,1-2H3,(H,17,20)/t14-/m0/s1. The molecule has 108 valence electrons. The normalized spacial score (nSPS) is 21.7. The van der Waals surface area contributed by atoms with Crippen LogP contribution < -0.4 is 5.32 Å². The van der Waals surface area contributed by atoms with Crippen LogP contribution in [0.1, 0.15) is 23.9 Å². The number of thiophene rings is 1. The van der Waals surface area contributed by atoms with Crippen molar-refractivity contribution in [2.75, 3.05) is 0 Å². The third-order valence-corrected chi connectivity index (χ3v) is 4.21. The summed E-state index contributed by atoms with van der Waals surface area (Å²) in [4.78, 5) is 34.2. The van der Waals surface area contributed by atoms with E-state index in [-0.39, 0.29) is 12.5 Å². The van der Waals surface area contributed by atoms with Crippen molar-refractivity contribution in [1.82, 2.24) is 20.2 Å². The zero-order valence-corrected chi connectivity index (χ0v) is 12.5. The molecule has 6 nitrogen and oxygen atoms in total. The minimum absolute atomic E-state index is 0.123. The van der Waals surface area contributed by atoms with Crippen LogP contribution in [0.4, 0.5) is 4.79 Å². The van der Waals surface area contributed by atoms with E-state index >= 15 is 0 Å². The number of aromatic nitrogens is 2. The topological polar surface area (TPSA) is 75.2 Å². The molecular formula is C14H14N4O2S. The third kappa shape index (κ3) is 2.29. The Morgan fingerprint density at radius 2 is 2.14 bits per heavy atom. The number of imide groups is 1. The predicted octanol–water partition coefficient (Wildman–Crippen LogP) is 1.81. The molecule has 3 amide bonds. The molecule has 0 spiro atoms. The number of hydrogen-bond donors (Lipinski definition) is 1. The van der Waals surface area contributed by atoms with E-state index in [4.69, 9.17) is 0 Å². The zero-order chi connectivity index (χ0) is 15.0. The zero-order valence-electron chi connectivity index (χ0n) is 11.7. The molecule has 1 aliphatic heterocycles. The number of nitrogens with zero attached hydrogens (tertiary/aromatic N) is 3. The van der Waals surface area contributed by atoms with Crippen LogP contribution in [0.25, 0.3) is 0 Å². The molecule has 1 fully saturated rings. The predicted molar refractivity (Wildman–Crippen MR) is 77.5 cm³/mol. The van der Waals surface area contributed by atoms with Crippen LogP contribution in [0, 0.1) is 6.92 Å². The van der Waals surface area contributed by atoms with Crippen LogP contribution >= 0.6 is 11.3 Å². The van der Waals surface area contributed by atoms with Crippen LogP contribution in [0.5, 0.6) is 0 Å². The summed E-state index contributed by atoms with van der Waals surface area (Å²) < 4.78 is 0. The minimum atomic E-state index is -1.00. The first-order valence-electron chi connectivity index (χ1n) is 6.45. The number of nitrogens with one attached hydrogen (secondary N) is 1. The van der Waals surface area contributed by atoms with E-state index in [0.29, 0.717) is 5.69 Å². The first-order valence-corrected chi connectivity index (χ1v) is 7.39. The lowest BCUT2D eigenvalue weighted by Crippen LogP contribution is -2.40. The molecule has 0 saturated carbocycles. The molecule has 0 radical (unpaired) electrons. The van der Waals surface area contributed by atoms with E-state index in [1.54, 1.807) is 19.3 Å². The van der Waals surface area contributed by atoms with Gasteiger partial charge in [0, 0.05) is 6.20 Å². The fourth-order valence-electron chi connectivity index (χ4n) is 2.25. The second-order valence-corrected chi connectivity index (χ2v) is 5.89. The lowest BCUT2D eigenvalue weighted by molar-refractivity contribution is -0.131. The van der Waals surface area contributed by atoms with Crippen molar-refractivity contribution < 1.29 is 9.59 Å². The lowest BCUT2D eigenvalue weighted by Gasteiger charge is -2.20. The number of rotatable bonds is 3. The van der Waals surface area contributed by atoms with E-state index in [1.165, 1.54) is 16.2 Å². The summed E-state index contributed by atoms with van der Waals surface area (Å²) in [7, 11) is 0. The summed E-state index contributed by atoms with van der Waals surface area (Å²) in [5, 5.41) is 6.51. The molecule has 3 rings (SSSR count). The molecule has 3 heterocycles. The number of carbonyl (C=O) groups is 2. The summed E-state index contributed by atoms with van der Waals surface area (Å²) >= 11 is 1.49. The summed E-state index contributed by atoms with van der Waals surface area (Å²) in [6, 6.07) is 1.44. The molecule has 2 aromatic heterocycles. The summed E-state index contributed by atoms with van der Waals surface area (Å²) in [6.07, 6.45) is 3.20. The van der Waals surface area contributed by atoms with Gasteiger partial charge in [0.1, 0.15) is 5.54 Å². The number of amides is 3. The fourth-order valence-corrected chi connectivity index (χ4v) is 3.01. The van der Waals surface area contributed by atoms with Crippen LogP contribution in [-0.2, 0) is 16.9 Å². The van der Waals surface area contributed by atoms with Crippen LogP contribution in [0.2, 0.25) is 0 Å². The minimum Gasteiger partial charge on any atom is -0.319 e. The van der Waals surface area contributed by atoms with Gasteiger partial charge in [-0.15, -0.1) is 0 Å². The van der Waals surface area contributed by atoms with Crippen LogP contribution in [-0.4, -0.2) is 26.8 Å². The van der Waals surface area contributed by atoms with Gasteiger partial charge in [-0.05, 0) is 36.2 Å². The van der Waals surface area contributed by atoms with E-state index in [0.717, 1.165) is 11.3 Å². The van der Waals surface area contributed by atoms with Gasteiger partial charge in [-0.1, -0.05) is 0 Å². The van der Waals surface area contributed by atoms with E-state index < -0.39 is 11.6 Å². The van der Waals surface area contributed by atoms with Crippen molar-refractivity contribution >= 4 is 23.3 Å². The molecule has 1 N–H and O–H groups in total. The molecule has 2 aromatic rings. The van der Waals surface area contributed by atoms with Crippen molar-refractivity contribution in [2.24, 2.45) is 0 Å². The Hall–Kier alpha value is -2.28. The highest BCUT2D eigenvalue weighted by molar-refractivity contribution is 7.08. The molecule has 21 heavy (non-hydrogen) atoms. The number of urea groups is 1. The quantitative estimate of drug-likeness (QED) is 0.877. The van der Waals surface area contributed by atoms with Crippen molar-refractivity contribution in [3.05, 3.63) is 46.2 Å². The molecule has 1 atom stereocenters. The van der Waals surface area contributed by atoms with Gasteiger partial charge < -0.3 is 5.32 Å². The van der Waals surface area contributed by atoms with E-state index in [9.17, 15) is 9.59 Å². The van der Waals surface area contributed by atoms with E-state index in [2.05, 4.69) is 15.3 Å². The molecule has 0 bridgehead atoms. The Kier molecular flexibility index (Phi) is 3.21. The fraction of sp³-hybridized carbons (Fsp3) is 0.286. The van der Waals surface area contributed by atoms with Crippen LogP contribution in [0.3, 0.4) is 0 Å². The molecule has 1 saturated heterocycles. The Morgan fingerprint density at radius 1 is 1.33 bits per heavy atom. The first kappa shape index (κ1) is 13.7. The van der Waals surface area contributed by atoms with Gasteiger partial charge in [-0.3, -0.25) is 19.7 Å². The highest BCUT2D eigenvalue weighted by Gasteiger charge is 2.49. The largest absolute Gasteiger partial charge is 0.325 e. The molecule has 0 aromatic carbocycles. The maximum atomic E-state index is 12.6. The average molecular weight is 302 g/mol. The molecule has 1 aliphatic rings. The SMILES string of the molecule is Cc1cnc(CN2C(=O)N[C@@](C)(c3ccsc3)C2=O)cn1. The first-order chi connectivity index (χ1) is 10.0. The monoisotopic (exact) mass is 302 g/mol. The number of hydrogen-bond acceptors (Lipinski definition) is 5. The van der Waals surface area contributed by atoms with Gasteiger partial charge in [0.2, 0.25) is 0 Å². The second-order valence-electron chi connectivity index (χ2n) is 5.11. The summed E-state index contributed by atoms with van der Waals surface area (Å²) in [5.41, 5.74) is 1.16. The van der Waals surface area contributed by atoms with E-state index in [1.807, 2.05) is 23.8 Å². The summed E-state index contributed by atoms with van der Waals surface area (Å²) in [6.45, 7) is 3.67. The third-order valence-electron chi connectivity index (χ3n) is 3.53. The lowest BCUT2D eigenvalue weighted by atomic mass is 9.95. The Morgan fingerprint density at radius 3 is 2.76 bits per heavy atom. The Bertz CT molecular complexity index is 684. The average Bonchev–Trinajstić information content (AvgIpc) is 3.06.